The van der Waals surface area contributed by atoms with Crippen molar-refractivity contribution >= 4 is 22.6 Å². The Morgan fingerprint density at radius 2 is 2.14 bits per heavy atom. The van der Waals surface area contributed by atoms with Crippen LogP contribution >= 0.6 is 22.6 Å². The number of ether oxygens (including phenoxy) is 1. The standard InChI is InChI=1S/C16H17IN2O2/c1-21-9-13-14(17)16(20)19-15(18-13)12-7-6-10-4-2-3-5-11(10)8-12/h2-5,12H,6-9H2,1H3,(H,18,19,20). The molecule has 1 heterocycles. The zero-order valence-corrected chi connectivity index (χ0v) is 14.0. The summed E-state index contributed by atoms with van der Waals surface area (Å²) in [5.41, 5.74) is 3.45. The molecule has 0 radical (unpaired) electrons. The average molecular weight is 396 g/mol. The fourth-order valence-electron chi connectivity index (χ4n) is 2.88. The van der Waals surface area contributed by atoms with Gasteiger partial charge in [0.1, 0.15) is 9.39 Å². The minimum atomic E-state index is -0.0634. The Morgan fingerprint density at radius 3 is 2.90 bits per heavy atom. The van der Waals surface area contributed by atoms with Crippen LogP contribution in [0.1, 0.15) is 35.0 Å². The van der Waals surface area contributed by atoms with Gasteiger partial charge in [-0.05, 0) is 53.0 Å². The highest BCUT2D eigenvalue weighted by Gasteiger charge is 2.23. The van der Waals surface area contributed by atoms with Gasteiger partial charge in [0.25, 0.3) is 5.56 Å². The molecule has 1 unspecified atom stereocenters. The number of hydrogen-bond acceptors (Lipinski definition) is 3. The lowest BCUT2D eigenvalue weighted by molar-refractivity contribution is 0.180. The molecule has 21 heavy (non-hydrogen) atoms. The van der Waals surface area contributed by atoms with Gasteiger partial charge in [-0.2, -0.15) is 0 Å². The maximum absolute atomic E-state index is 12.1. The van der Waals surface area contributed by atoms with Crippen molar-refractivity contribution in [2.75, 3.05) is 7.11 Å². The Morgan fingerprint density at radius 1 is 1.38 bits per heavy atom. The normalized spacial score (nSPS) is 17.5. The molecule has 0 bridgehead atoms. The maximum Gasteiger partial charge on any atom is 0.264 e. The van der Waals surface area contributed by atoms with E-state index in [-0.39, 0.29) is 11.5 Å². The van der Waals surface area contributed by atoms with Crippen LogP contribution in [0.25, 0.3) is 0 Å². The van der Waals surface area contributed by atoms with Crippen LogP contribution in [-0.2, 0) is 24.2 Å². The number of benzene rings is 1. The van der Waals surface area contributed by atoms with Gasteiger partial charge in [0.2, 0.25) is 0 Å². The number of fused-ring (bicyclic) bond motifs is 1. The number of rotatable bonds is 3. The van der Waals surface area contributed by atoms with Gasteiger partial charge >= 0.3 is 0 Å². The van der Waals surface area contributed by atoms with Gasteiger partial charge in [0.15, 0.2) is 0 Å². The van der Waals surface area contributed by atoms with Crippen LogP contribution in [0.3, 0.4) is 0 Å². The molecule has 4 nitrogen and oxygen atoms in total. The van der Waals surface area contributed by atoms with E-state index in [1.54, 1.807) is 7.11 Å². The minimum Gasteiger partial charge on any atom is -0.378 e. The van der Waals surface area contributed by atoms with E-state index >= 15 is 0 Å². The van der Waals surface area contributed by atoms with Crippen molar-refractivity contribution in [2.45, 2.75) is 31.8 Å². The first-order valence-corrected chi connectivity index (χ1v) is 8.11. The first kappa shape index (κ1) is 14.7. The highest BCUT2D eigenvalue weighted by atomic mass is 127. The summed E-state index contributed by atoms with van der Waals surface area (Å²) >= 11 is 2.03. The van der Waals surface area contributed by atoms with E-state index in [4.69, 9.17) is 4.74 Å². The second kappa shape index (κ2) is 6.27. The summed E-state index contributed by atoms with van der Waals surface area (Å²) in [6, 6.07) is 8.51. The molecular weight excluding hydrogens is 379 g/mol. The monoisotopic (exact) mass is 396 g/mol. The summed E-state index contributed by atoms with van der Waals surface area (Å²) in [5.74, 6) is 1.07. The summed E-state index contributed by atoms with van der Waals surface area (Å²) in [4.78, 5) is 19.6. The Kier molecular flexibility index (Phi) is 4.40. The third-order valence-electron chi connectivity index (χ3n) is 3.96. The topological polar surface area (TPSA) is 55.0 Å². The van der Waals surface area contributed by atoms with Crippen molar-refractivity contribution in [1.29, 1.82) is 0 Å². The van der Waals surface area contributed by atoms with Crippen LogP contribution in [0, 0.1) is 3.57 Å². The summed E-state index contributed by atoms with van der Waals surface area (Å²) < 4.78 is 5.76. The number of hydrogen-bond donors (Lipinski definition) is 1. The maximum atomic E-state index is 12.1. The Bertz CT molecular complexity index is 712. The molecule has 0 saturated carbocycles. The predicted molar refractivity (Wildman–Crippen MR) is 89.5 cm³/mol. The van der Waals surface area contributed by atoms with E-state index < -0.39 is 0 Å². The van der Waals surface area contributed by atoms with Crippen molar-refractivity contribution in [3.63, 3.8) is 0 Å². The fourth-order valence-corrected chi connectivity index (χ4v) is 3.29. The number of aromatic amines is 1. The van der Waals surface area contributed by atoms with Crippen LogP contribution in [0.15, 0.2) is 29.1 Å². The van der Waals surface area contributed by atoms with Crippen molar-refractivity contribution in [2.24, 2.45) is 0 Å². The molecule has 1 aliphatic rings. The Labute approximate surface area is 137 Å². The molecule has 0 amide bonds. The zero-order chi connectivity index (χ0) is 14.8. The summed E-state index contributed by atoms with van der Waals surface area (Å²) in [6.07, 6.45) is 3.00. The zero-order valence-electron chi connectivity index (χ0n) is 11.9. The number of nitrogens with one attached hydrogen (secondary N) is 1. The Balaban J connectivity index is 1.93. The third-order valence-corrected chi connectivity index (χ3v) is 5.08. The number of nitrogens with zero attached hydrogens (tertiary/aromatic N) is 1. The van der Waals surface area contributed by atoms with E-state index in [9.17, 15) is 4.79 Å². The highest BCUT2D eigenvalue weighted by molar-refractivity contribution is 14.1. The van der Waals surface area contributed by atoms with Crippen LogP contribution in [0.5, 0.6) is 0 Å². The lowest BCUT2D eigenvalue weighted by Gasteiger charge is -2.24. The summed E-state index contributed by atoms with van der Waals surface area (Å²) in [5, 5.41) is 0. The molecule has 3 rings (SSSR count). The number of aryl methyl sites for hydroxylation is 1. The average Bonchev–Trinajstić information content (AvgIpc) is 2.51. The first-order valence-electron chi connectivity index (χ1n) is 7.03. The van der Waals surface area contributed by atoms with Gasteiger partial charge in [-0.15, -0.1) is 0 Å². The molecule has 0 spiro atoms. The van der Waals surface area contributed by atoms with Crippen molar-refractivity contribution in [3.05, 3.63) is 60.8 Å². The second-order valence-electron chi connectivity index (χ2n) is 5.35. The van der Waals surface area contributed by atoms with Gasteiger partial charge in [-0.25, -0.2) is 4.98 Å². The predicted octanol–water partition coefficient (Wildman–Crippen LogP) is 2.79. The largest absolute Gasteiger partial charge is 0.378 e. The van der Waals surface area contributed by atoms with Crippen LogP contribution in [0.4, 0.5) is 0 Å². The molecule has 1 N–H and O–H groups in total. The smallest absolute Gasteiger partial charge is 0.264 e. The van der Waals surface area contributed by atoms with Crippen molar-refractivity contribution in [3.8, 4) is 0 Å². The van der Waals surface area contributed by atoms with E-state index in [0.29, 0.717) is 10.2 Å². The molecule has 5 heteroatoms. The summed E-state index contributed by atoms with van der Waals surface area (Å²) in [6.45, 7) is 0.374. The first-order chi connectivity index (χ1) is 10.2. The molecule has 1 aliphatic carbocycles. The van der Waals surface area contributed by atoms with Gasteiger partial charge in [0.05, 0.1) is 12.3 Å². The number of aromatic nitrogens is 2. The SMILES string of the molecule is COCc1nc(C2CCc3ccccc3C2)[nH]c(=O)c1I. The van der Waals surface area contributed by atoms with E-state index in [1.807, 2.05) is 22.6 Å². The molecule has 1 atom stereocenters. The van der Waals surface area contributed by atoms with Crippen molar-refractivity contribution < 1.29 is 4.74 Å². The highest BCUT2D eigenvalue weighted by Crippen LogP contribution is 2.30. The third kappa shape index (κ3) is 3.03. The molecule has 0 aliphatic heterocycles. The van der Waals surface area contributed by atoms with Crippen LogP contribution in [0.2, 0.25) is 0 Å². The number of halogens is 1. The number of methoxy groups -OCH3 is 1. The van der Waals surface area contributed by atoms with E-state index in [0.717, 1.165) is 30.8 Å². The van der Waals surface area contributed by atoms with Gasteiger partial charge in [0, 0.05) is 13.0 Å². The van der Waals surface area contributed by atoms with Gasteiger partial charge < -0.3 is 9.72 Å². The fraction of sp³-hybridized carbons (Fsp3) is 0.375. The number of H-pyrrole nitrogens is 1. The summed E-state index contributed by atoms with van der Waals surface area (Å²) in [7, 11) is 1.62. The quantitative estimate of drug-likeness (QED) is 0.812. The molecular formula is C16H17IN2O2. The lowest BCUT2D eigenvalue weighted by atomic mass is 9.83. The Hall–Kier alpha value is -1.21. The van der Waals surface area contributed by atoms with Gasteiger partial charge in [-0.1, -0.05) is 24.3 Å². The molecule has 1 aromatic carbocycles. The van der Waals surface area contributed by atoms with E-state index in [2.05, 4.69) is 34.2 Å². The molecule has 110 valence electrons. The lowest BCUT2D eigenvalue weighted by Crippen LogP contribution is -2.23. The van der Waals surface area contributed by atoms with E-state index in [1.165, 1.54) is 11.1 Å². The second-order valence-corrected chi connectivity index (χ2v) is 6.43. The van der Waals surface area contributed by atoms with Crippen LogP contribution in [-0.4, -0.2) is 17.1 Å². The van der Waals surface area contributed by atoms with Crippen molar-refractivity contribution in [1.82, 2.24) is 9.97 Å². The molecule has 0 fully saturated rings. The minimum absolute atomic E-state index is 0.0634. The molecule has 0 saturated heterocycles. The van der Waals surface area contributed by atoms with Gasteiger partial charge in [-0.3, -0.25) is 4.79 Å². The van der Waals surface area contributed by atoms with Crippen LogP contribution < -0.4 is 5.56 Å². The molecule has 1 aromatic heterocycles. The molecule has 2 aromatic rings.